The Morgan fingerprint density at radius 1 is 0.870 bits per heavy atom. The fraction of sp³-hybridized carbons (Fsp3) is 0.0500. The van der Waals surface area contributed by atoms with Crippen LogP contribution in [0.3, 0.4) is 0 Å². The molecule has 0 fully saturated rings. The minimum absolute atomic E-state index is 0.0286. The van der Waals surface area contributed by atoms with Crippen molar-refractivity contribution in [3.63, 3.8) is 0 Å². The molecule has 0 aliphatic heterocycles. The van der Waals surface area contributed by atoms with Gasteiger partial charge in [-0.2, -0.15) is 0 Å². The second-order valence-corrected chi connectivity index (χ2v) is 5.43. The van der Waals surface area contributed by atoms with Crippen molar-refractivity contribution in [3.8, 4) is 17.0 Å². The van der Waals surface area contributed by atoms with Crippen molar-refractivity contribution in [1.82, 2.24) is 4.40 Å². The van der Waals surface area contributed by atoms with Crippen LogP contribution in [0.1, 0.15) is 0 Å². The first-order chi connectivity index (χ1) is 11.3. The summed E-state index contributed by atoms with van der Waals surface area (Å²) in [6.07, 6.45) is 0. The molecule has 2 aromatic carbocycles. The zero-order valence-electron chi connectivity index (χ0n) is 12.7. The molecule has 0 amide bonds. The standard InChI is InChI=1S/C20H15NO2/c1-23-16-11-9-14(10-12-16)19-13-15-5-2-3-6-17(15)18-7-4-8-20(22)21(18)19/h2-13H,1H3. The Bertz CT molecular complexity index is 1060. The van der Waals surface area contributed by atoms with E-state index in [0.29, 0.717) is 0 Å². The number of pyridine rings is 2. The number of methoxy groups -OCH3 is 1. The molecular weight excluding hydrogens is 286 g/mol. The highest BCUT2D eigenvalue weighted by Gasteiger charge is 2.09. The summed E-state index contributed by atoms with van der Waals surface area (Å²) in [5, 5.41) is 2.19. The molecule has 3 heteroatoms. The van der Waals surface area contributed by atoms with Crippen LogP contribution < -0.4 is 10.3 Å². The molecule has 112 valence electrons. The lowest BCUT2D eigenvalue weighted by atomic mass is 10.0. The normalized spacial score (nSPS) is 11.0. The lowest BCUT2D eigenvalue weighted by Crippen LogP contribution is -2.14. The van der Waals surface area contributed by atoms with Crippen molar-refractivity contribution in [2.75, 3.05) is 7.11 Å². The van der Waals surface area contributed by atoms with Gasteiger partial charge < -0.3 is 4.74 Å². The first-order valence-corrected chi connectivity index (χ1v) is 7.46. The number of aromatic nitrogens is 1. The third-order valence-corrected chi connectivity index (χ3v) is 4.11. The van der Waals surface area contributed by atoms with E-state index in [-0.39, 0.29) is 5.56 Å². The SMILES string of the molecule is COc1ccc(-c2cc3ccccc3c3cccc(=O)n23)cc1. The molecular formula is C20H15NO2. The van der Waals surface area contributed by atoms with Crippen molar-refractivity contribution in [1.29, 1.82) is 0 Å². The predicted octanol–water partition coefficient (Wildman–Crippen LogP) is 4.13. The highest BCUT2D eigenvalue weighted by molar-refractivity contribution is 5.98. The molecule has 3 nitrogen and oxygen atoms in total. The van der Waals surface area contributed by atoms with Gasteiger partial charge in [0.1, 0.15) is 5.75 Å². The Morgan fingerprint density at radius 2 is 1.65 bits per heavy atom. The zero-order chi connectivity index (χ0) is 15.8. The highest BCUT2D eigenvalue weighted by Crippen LogP contribution is 2.28. The smallest absolute Gasteiger partial charge is 0.255 e. The van der Waals surface area contributed by atoms with Gasteiger partial charge in [0.15, 0.2) is 0 Å². The largest absolute Gasteiger partial charge is 0.497 e. The van der Waals surface area contributed by atoms with Crippen molar-refractivity contribution in [2.45, 2.75) is 0 Å². The highest BCUT2D eigenvalue weighted by atomic mass is 16.5. The Labute approximate surface area is 133 Å². The summed E-state index contributed by atoms with van der Waals surface area (Å²) >= 11 is 0. The molecule has 0 N–H and O–H groups in total. The lowest BCUT2D eigenvalue weighted by molar-refractivity contribution is 0.415. The van der Waals surface area contributed by atoms with E-state index in [0.717, 1.165) is 33.3 Å². The van der Waals surface area contributed by atoms with Crippen LogP contribution in [0.5, 0.6) is 5.75 Å². The van der Waals surface area contributed by atoms with Gasteiger partial charge in [0.2, 0.25) is 0 Å². The Morgan fingerprint density at radius 3 is 2.43 bits per heavy atom. The third-order valence-electron chi connectivity index (χ3n) is 4.11. The molecule has 0 saturated carbocycles. The average molecular weight is 301 g/mol. The van der Waals surface area contributed by atoms with Gasteiger partial charge in [-0.3, -0.25) is 9.20 Å². The quantitative estimate of drug-likeness (QED) is 0.521. The number of hydrogen-bond donors (Lipinski definition) is 0. The summed E-state index contributed by atoms with van der Waals surface area (Å²) < 4.78 is 6.99. The Kier molecular flexibility index (Phi) is 3.12. The van der Waals surface area contributed by atoms with Crippen LogP contribution in [0.4, 0.5) is 0 Å². The molecule has 2 aromatic heterocycles. The number of nitrogens with zero attached hydrogens (tertiary/aromatic N) is 1. The fourth-order valence-electron chi connectivity index (χ4n) is 2.99. The van der Waals surface area contributed by atoms with E-state index in [2.05, 4.69) is 12.1 Å². The van der Waals surface area contributed by atoms with Crippen LogP contribution in [0.2, 0.25) is 0 Å². The molecule has 0 spiro atoms. The molecule has 23 heavy (non-hydrogen) atoms. The van der Waals surface area contributed by atoms with E-state index < -0.39 is 0 Å². The summed E-state index contributed by atoms with van der Waals surface area (Å²) in [5.74, 6) is 0.797. The minimum Gasteiger partial charge on any atom is -0.497 e. The van der Waals surface area contributed by atoms with Crippen molar-refractivity contribution in [3.05, 3.63) is 83.2 Å². The second kappa shape index (κ2) is 5.29. The number of benzene rings is 2. The van der Waals surface area contributed by atoms with E-state index in [1.807, 2.05) is 54.6 Å². The van der Waals surface area contributed by atoms with Gasteiger partial charge in [-0.25, -0.2) is 0 Å². The predicted molar refractivity (Wildman–Crippen MR) is 93.2 cm³/mol. The Hall–Kier alpha value is -3.07. The van der Waals surface area contributed by atoms with Crippen LogP contribution in [0.15, 0.2) is 77.6 Å². The van der Waals surface area contributed by atoms with Gasteiger partial charge in [-0.05, 0) is 47.3 Å². The van der Waals surface area contributed by atoms with E-state index in [4.69, 9.17) is 4.74 Å². The number of fused-ring (bicyclic) bond motifs is 3. The molecule has 2 heterocycles. The van der Waals surface area contributed by atoms with Crippen LogP contribution in [-0.2, 0) is 0 Å². The first kappa shape index (κ1) is 13.6. The van der Waals surface area contributed by atoms with Gasteiger partial charge in [-0.15, -0.1) is 0 Å². The molecule has 0 radical (unpaired) electrons. The van der Waals surface area contributed by atoms with Crippen LogP contribution in [-0.4, -0.2) is 11.5 Å². The summed E-state index contributed by atoms with van der Waals surface area (Å²) in [4.78, 5) is 12.5. The van der Waals surface area contributed by atoms with Crippen LogP contribution in [0, 0.1) is 0 Å². The summed E-state index contributed by atoms with van der Waals surface area (Å²) in [7, 11) is 1.64. The fourth-order valence-corrected chi connectivity index (χ4v) is 2.99. The molecule has 0 atom stereocenters. The summed E-state index contributed by atoms with van der Waals surface area (Å²) in [6.45, 7) is 0. The summed E-state index contributed by atoms with van der Waals surface area (Å²) in [5.41, 5.74) is 2.75. The molecule has 0 aliphatic rings. The maximum Gasteiger partial charge on any atom is 0.255 e. The second-order valence-electron chi connectivity index (χ2n) is 5.43. The molecule has 0 aliphatic carbocycles. The molecule has 4 rings (SSSR count). The first-order valence-electron chi connectivity index (χ1n) is 7.46. The number of rotatable bonds is 2. The minimum atomic E-state index is -0.0286. The van der Waals surface area contributed by atoms with Gasteiger partial charge in [-0.1, -0.05) is 30.3 Å². The Balaban J connectivity index is 2.13. The lowest BCUT2D eigenvalue weighted by Gasteiger charge is -2.12. The number of ether oxygens (including phenoxy) is 1. The van der Waals surface area contributed by atoms with E-state index >= 15 is 0 Å². The molecule has 0 saturated heterocycles. The van der Waals surface area contributed by atoms with Gasteiger partial charge >= 0.3 is 0 Å². The van der Waals surface area contributed by atoms with E-state index in [1.54, 1.807) is 17.6 Å². The molecule has 0 unspecified atom stereocenters. The van der Waals surface area contributed by atoms with Crippen molar-refractivity contribution < 1.29 is 4.74 Å². The molecule has 4 aromatic rings. The van der Waals surface area contributed by atoms with Gasteiger partial charge in [0, 0.05) is 11.5 Å². The van der Waals surface area contributed by atoms with Crippen LogP contribution in [0.25, 0.3) is 27.5 Å². The van der Waals surface area contributed by atoms with Gasteiger partial charge in [0.05, 0.1) is 18.3 Å². The zero-order valence-corrected chi connectivity index (χ0v) is 12.7. The van der Waals surface area contributed by atoms with Crippen LogP contribution >= 0.6 is 0 Å². The maximum absolute atomic E-state index is 12.5. The van der Waals surface area contributed by atoms with Crippen molar-refractivity contribution >= 4 is 16.3 Å². The van der Waals surface area contributed by atoms with E-state index in [9.17, 15) is 4.79 Å². The maximum atomic E-state index is 12.5. The monoisotopic (exact) mass is 301 g/mol. The summed E-state index contributed by atoms with van der Waals surface area (Å²) in [6, 6.07) is 23.3. The van der Waals surface area contributed by atoms with E-state index in [1.165, 1.54) is 0 Å². The number of hydrogen-bond acceptors (Lipinski definition) is 2. The topological polar surface area (TPSA) is 30.7 Å². The van der Waals surface area contributed by atoms with Gasteiger partial charge in [0.25, 0.3) is 5.56 Å². The van der Waals surface area contributed by atoms with Crippen molar-refractivity contribution in [2.24, 2.45) is 0 Å². The third kappa shape index (κ3) is 2.18. The molecule has 0 bridgehead atoms. The average Bonchev–Trinajstić information content (AvgIpc) is 2.61.